The van der Waals surface area contributed by atoms with Crippen LogP contribution in [0.5, 0.6) is 0 Å². The zero-order valence-corrected chi connectivity index (χ0v) is 15.3. The molecule has 0 aliphatic carbocycles. The van der Waals surface area contributed by atoms with Crippen molar-refractivity contribution < 1.29 is 8.42 Å². The average Bonchev–Trinajstić information content (AvgIpc) is 3.10. The molecule has 1 aliphatic rings. The van der Waals surface area contributed by atoms with E-state index < -0.39 is 15.3 Å². The first-order valence-corrected chi connectivity index (χ1v) is 10.2. The quantitative estimate of drug-likeness (QED) is 0.780. The molecule has 0 saturated carbocycles. The van der Waals surface area contributed by atoms with Gasteiger partial charge in [-0.2, -0.15) is 0 Å². The number of aromatic nitrogens is 3. The maximum absolute atomic E-state index is 12.6. The molecule has 0 amide bonds. The molecule has 4 heterocycles. The van der Waals surface area contributed by atoms with Gasteiger partial charge in [0.05, 0.1) is 10.9 Å². The van der Waals surface area contributed by atoms with E-state index >= 15 is 0 Å². The zero-order valence-electron chi connectivity index (χ0n) is 14.4. The van der Waals surface area contributed by atoms with E-state index in [2.05, 4.69) is 15.0 Å². The fourth-order valence-corrected chi connectivity index (χ4v) is 5.07. The minimum atomic E-state index is -3.24. The molecule has 0 aromatic carbocycles. The third-order valence-corrected chi connectivity index (χ3v) is 7.31. The van der Waals surface area contributed by atoms with Crippen molar-refractivity contribution in [2.75, 3.05) is 13.1 Å². The summed E-state index contributed by atoms with van der Waals surface area (Å²) in [6.07, 6.45) is 7.34. The van der Waals surface area contributed by atoms with Gasteiger partial charge in [-0.25, -0.2) is 17.7 Å². The molecule has 1 N–H and O–H groups in total. The Morgan fingerprint density at radius 3 is 2.92 bits per heavy atom. The number of rotatable bonds is 3. The lowest BCUT2D eigenvalue weighted by molar-refractivity contribution is 0.311. The molecule has 6 nitrogen and oxygen atoms in total. The summed E-state index contributed by atoms with van der Waals surface area (Å²) in [4.78, 5) is 12.2. The van der Waals surface area contributed by atoms with Gasteiger partial charge in [-0.15, -0.1) is 0 Å². The zero-order chi connectivity index (χ0) is 17.6. The van der Waals surface area contributed by atoms with E-state index in [0.717, 1.165) is 40.3 Å². The van der Waals surface area contributed by atoms with Crippen LogP contribution >= 0.6 is 0 Å². The fourth-order valence-electron chi connectivity index (χ4n) is 3.70. The molecule has 1 atom stereocenters. The van der Waals surface area contributed by atoms with E-state index in [-0.39, 0.29) is 5.92 Å². The Morgan fingerprint density at radius 1 is 1.28 bits per heavy atom. The predicted molar refractivity (Wildman–Crippen MR) is 99.0 cm³/mol. The molecule has 1 saturated heterocycles. The normalized spacial score (nSPS) is 19.9. The van der Waals surface area contributed by atoms with Gasteiger partial charge >= 0.3 is 0 Å². The molecule has 0 radical (unpaired) electrons. The molecule has 3 aromatic rings. The van der Waals surface area contributed by atoms with Gasteiger partial charge in [-0.05, 0) is 38.8 Å². The van der Waals surface area contributed by atoms with E-state index in [4.69, 9.17) is 0 Å². The maximum atomic E-state index is 12.6. The lowest BCUT2D eigenvalue weighted by Crippen LogP contribution is -2.42. The topological polar surface area (TPSA) is 79.0 Å². The summed E-state index contributed by atoms with van der Waals surface area (Å²) >= 11 is 0. The van der Waals surface area contributed by atoms with Gasteiger partial charge in [-0.1, -0.05) is 0 Å². The first kappa shape index (κ1) is 16.5. The Balaban J connectivity index is 1.80. The highest BCUT2D eigenvalue weighted by molar-refractivity contribution is 7.89. The second-order valence-corrected chi connectivity index (χ2v) is 9.44. The van der Waals surface area contributed by atoms with E-state index in [1.54, 1.807) is 24.3 Å². The van der Waals surface area contributed by atoms with Gasteiger partial charge < -0.3 is 4.98 Å². The lowest BCUT2D eigenvalue weighted by Gasteiger charge is -2.33. The predicted octanol–water partition coefficient (Wildman–Crippen LogP) is 3.03. The van der Waals surface area contributed by atoms with Crippen LogP contribution in [0.25, 0.3) is 21.8 Å². The average molecular weight is 358 g/mol. The Kier molecular flexibility index (Phi) is 4.00. The smallest absolute Gasteiger partial charge is 0.216 e. The van der Waals surface area contributed by atoms with Crippen molar-refractivity contribution in [3.05, 3.63) is 36.4 Å². The lowest BCUT2D eigenvalue weighted by atomic mass is 9.92. The number of nitrogens with zero attached hydrogens (tertiary/aromatic N) is 3. The number of hydrogen-bond donors (Lipinski definition) is 1. The van der Waals surface area contributed by atoms with Crippen molar-refractivity contribution in [3.8, 4) is 0 Å². The van der Waals surface area contributed by atoms with Gasteiger partial charge in [0.2, 0.25) is 10.0 Å². The standard InChI is InChI=1S/C18H22N4O2S/c1-12(2)25(23,24)22-9-3-4-14(11-22)17-16-13(5-7-19-17)10-21-18-15(16)6-8-20-18/h5-8,10,12,14H,3-4,9,11H2,1-2H3,(H,20,21). The van der Waals surface area contributed by atoms with Crippen molar-refractivity contribution in [1.82, 2.24) is 19.3 Å². The number of aromatic amines is 1. The highest BCUT2D eigenvalue weighted by Gasteiger charge is 2.32. The van der Waals surface area contributed by atoms with Crippen LogP contribution < -0.4 is 0 Å². The Hall–Kier alpha value is -1.99. The molecule has 1 unspecified atom stereocenters. The van der Waals surface area contributed by atoms with Crippen LogP contribution in [0.15, 0.2) is 30.7 Å². The molecular weight excluding hydrogens is 336 g/mol. The highest BCUT2D eigenvalue weighted by Crippen LogP contribution is 2.34. The third kappa shape index (κ3) is 2.71. The van der Waals surface area contributed by atoms with Crippen molar-refractivity contribution in [3.63, 3.8) is 0 Å². The van der Waals surface area contributed by atoms with Crippen LogP contribution in [0, 0.1) is 0 Å². The van der Waals surface area contributed by atoms with Crippen molar-refractivity contribution in [2.45, 2.75) is 37.9 Å². The van der Waals surface area contributed by atoms with Gasteiger partial charge in [0, 0.05) is 53.8 Å². The Bertz CT molecular complexity index is 1030. The number of hydrogen-bond acceptors (Lipinski definition) is 4. The van der Waals surface area contributed by atoms with E-state index in [0.29, 0.717) is 13.1 Å². The summed E-state index contributed by atoms with van der Waals surface area (Å²) < 4.78 is 26.8. The maximum Gasteiger partial charge on any atom is 0.216 e. The molecule has 3 aromatic heterocycles. The van der Waals surface area contributed by atoms with Crippen LogP contribution in [0.3, 0.4) is 0 Å². The number of nitrogens with one attached hydrogen (secondary N) is 1. The van der Waals surface area contributed by atoms with Gasteiger partial charge in [0.15, 0.2) is 0 Å². The molecule has 4 rings (SSSR count). The van der Waals surface area contributed by atoms with Gasteiger partial charge in [0.1, 0.15) is 5.65 Å². The van der Waals surface area contributed by atoms with Gasteiger partial charge in [0.25, 0.3) is 0 Å². The first-order valence-electron chi connectivity index (χ1n) is 8.68. The fraction of sp³-hybridized carbons (Fsp3) is 0.444. The summed E-state index contributed by atoms with van der Waals surface area (Å²) in [5.41, 5.74) is 1.82. The minimum Gasteiger partial charge on any atom is -0.346 e. The van der Waals surface area contributed by atoms with Crippen LogP contribution in [-0.2, 0) is 10.0 Å². The molecule has 1 aliphatic heterocycles. The van der Waals surface area contributed by atoms with E-state index in [1.807, 2.05) is 24.5 Å². The van der Waals surface area contributed by atoms with Crippen LogP contribution in [0.4, 0.5) is 0 Å². The largest absolute Gasteiger partial charge is 0.346 e. The summed E-state index contributed by atoms with van der Waals surface area (Å²) in [5, 5.41) is 2.78. The molecule has 7 heteroatoms. The Labute approximate surface area is 147 Å². The minimum absolute atomic E-state index is 0.103. The number of sulfonamides is 1. The highest BCUT2D eigenvalue weighted by atomic mass is 32.2. The third-order valence-electron chi connectivity index (χ3n) is 5.07. The molecule has 25 heavy (non-hydrogen) atoms. The van der Waals surface area contributed by atoms with Gasteiger partial charge in [-0.3, -0.25) is 4.98 Å². The number of pyridine rings is 2. The number of fused-ring (bicyclic) bond motifs is 3. The first-order chi connectivity index (χ1) is 12.0. The van der Waals surface area contributed by atoms with Crippen LogP contribution in [-0.4, -0.2) is 46.0 Å². The monoisotopic (exact) mass is 358 g/mol. The molecule has 1 fully saturated rings. The van der Waals surface area contributed by atoms with Crippen molar-refractivity contribution in [1.29, 1.82) is 0 Å². The SMILES string of the molecule is CC(C)S(=O)(=O)N1CCCC(c2nccc3cnc4[nH]ccc4c23)C1. The molecular formula is C18H22N4O2S. The molecule has 132 valence electrons. The number of H-pyrrole nitrogens is 1. The summed E-state index contributed by atoms with van der Waals surface area (Å²) in [5.74, 6) is 0.103. The van der Waals surface area contributed by atoms with E-state index in [9.17, 15) is 8.42 Å². The summed E-state index contributed by atoms with van der Waals surface area (Å²) in [6, 6.07) is 3.98. The number of piperidine rings is 1. The molecule has 0 spiro atoms. The second kappa shape index (κ2) is 6.07. The van der Waals surface area contributed by atoms with Crippen LogP contribution in [0.1, 0.15) is 38.3 Å². The Morgan fingerprint density at radius 2 is 2.12 bits per heavy atom. The van der Waals surface area contributed by atoms with E-state index in [1.165, 1.54) is 0 Å². The summed E-state index contributed by atoms with van der Waals surface area (Å²) in [7, 11) is -3.24. The van der Waals surface area contributed by atoms with Crippen LogP contribution in [0.2, 0.25) is 0 Å². The summed E-state index contributed by atoms with van der Waals surface area (Å²) in [6.45, 7) is 4.58. The van der Waals surface area contributed by atoms with Crippen molar-refractivity contribution >= 4 is 31.8 Å². The second-order valence-electron chi connectivity index (χ2n) is 6.95. The van der Waals surface area contributed by atoms with Crippen molar-refractivity contribution in [2.24, 2.45) is 0 Å². The molecule has 0 bridgehead atoms.